The summed E-state index contributed by atoms with van der Waals surface area (Å²) in [7, 11) is 4.00. The lowest BCUT2D eigenvalue weighted by atomic mass is 9.77. The van der Waals surface area contributed by atoms with Gasteiger partial charge in [0.25, 0.3) is 5.91 Å². The maximum atomic E-state index is 12.7. The summed E-state index contributed by atoms with van der Waals surface area (Å²) in [6.07, 6.45) is 5.23. The maximum Gasteiger partial charge on any atom is 0.257 e. The normalized spacial score (nSPS) is 21.7. The van der Waals surface area contributed by atoms with Crippen molar-refractivity contribution in [3.8, 4) is 0 Å². The number of hydrogen-bond acceptors (Lipinski definition) is 4. The molecule has 1 aromatic rings. The minimum Gasteiger partial charge on any atom is -0.372 e. The Morgan fingerprint density at radius 3 is 2.62 bits per heavy atom. The molecule has 0 bridgehead atoms. The fourth-order valence-corrected chi connectivity index (χ4v) is 3.70. The van der Waals surface area contributed by atoms with Gasteiger partial charge in [-0.05, 0) is 50.4 Å². The van der Waals surface area contributed by atoms with Crippen LogP contribution < -0.4 is 5.32 Å². The fraction of sp³-hybridized carbons (Fsp3) is 0.625. The van der Waals surface area contributed by atoms with Gasteiger partial charge in [0, 0.05) is 32.9 Å². The molecule has 2 saturated heterocycles. The summed E-state index contributed by atoms with van der Waals surface area (Å²) in [6, 6.07) is 3.68. The van der Waals surface area contributed by atoms with E-state index >= 15 is 0 Å². The lowest BCUT2D eigenvalue weighted by molar-refractivity contribution is 0.0594. The van der Waals surface area contributed by atoms with Gasteiger partial charge in [-0.2, -0.15) is 0 Å². The van der Waals surface area contributed by atoms with Crippen LogP contribution in [0.5, 0.6) is 0 Å². The van der Waals surface area contributed by atoms with Gasteiger partial charge in [-0.1, -0.05) is 0 Å². The van der Waals surface area contributed by atoms with Crippen LogP contribution in [0, 0.1) is 5.41 Å². The van der Waals surface area contributed by atoms with Crippen molar-refractivity contribution in [2.75, 3.05) is 45.6 Å². The lowest BCUT2D eigenvalue weighted by Crippen LogP contribution is -2.44. The molecule has 0 aliphatic carbocycles. The van der Waals surface area contributed by atoms with Gasteiger partial charge < -0.3 is 15.1 Å². The van der Waals surface area contributed by atoms with E-state index in [0.717, 1.165) is 25.9 Å². The summed E-state index contributed by atoms with van der Waals surface area (Å²) < 4.78 is 0. The number of carbonyl (C=O) groups excluding carboxylic acids is 1. The predicted molar refractivity (Wildman–Crippen MR) is 83.5 cm³/mol. The Balaban J connectivity index is 1.68. The van der Waals surface area contributed by atoms with Crippen molar-refractivity contribution in [3.05, 3.63) is 23.9 Å². The first-order valence-electron chi connectivity index (χ1n) is 7.74. The first kappa shape index (κ1) is 14.3. The molecule has 21 heavy (non-hydrogen) atoms. The van der Waals surface area contributed by atoms with Gasteiger partial charge >= 0.3 is 0 Å². The van der Waals surface area contributed by atoms with E-state index in [0.29, 0.717) is 16.8 Å². The van der Waals surface area contributed by atoms with Crippen molar-refractivity contribution < 1.29 is 4.79 Å². The minimum absolute atomic E-state index is 0.105. The van der Waals surface area contributed by atoms with Crippen molar-refractivity contribution in [2.24, 2.45) is 5.41 Å². The number of pyridine rings is 1. The van der Waals surface area contributed by atoms with Crippen molar-refractivity contribution in [3.63, 3.8) is 0 Å². The van der Waals surface area contributed by atoms with Crippen molar-refractivity contribution in [1.82, 2.24) is 14.8 Å². The van der Waals surface area contributed by atoms with Crippen LogP contribution >= 0.6 is 0 Å². The molecule has 0 unspecified atom stereocenters. The first-order valence-corrected chi connectivity index (χ1v) is 7.74. The summed E-state index contributed by atoms with van der Waals surface area (Å²) >= 11 is 0. The molecule has 114 valence electrons. The quantitative estimate of drug-likeness (QED) is 0.899. The second kappa shape index (κ2) is 5.64. The molecule has 1 amide bonds. The van der Waals surface area contributed by atoms with Crippen molar-refractivity contribution in [1.29, 1.82) is 0 Å². The Bertz CT molecular complexity index is 523. The second-order valence-corrected chi connectivity index (χ2v) is 6.43. The molecule has 2 fully saturated rings. The van der Waals surface area contributed by atoms with E-state index < -0.39 is 0 Å². The number of anilines is 1. The Labute approximate surface area is 126 Å². The molecule has 0 saturated carbocycles. The number of hydrogen-bond donors (Lipinski definition) is 1. The Hall–Kier alpha value is -1.62. The Kier molecular flexibility index (Phi) is 3.85. The molecule has 2 aliphatic heterocycles. The monoisotopic (exact) mass is 288 g/mol. The number of piperidine rings is 1. The largest absolute Gasteiger partial charge is 0.372 e. The van der Waals surface area contributed by atoms with Crippen LogP contribution in [0.15, 0.2) is 18.3 Å². The molecule has 1 aromatic heterocycles. The second-order valence-electron chi connectivity index (χ2n) is 6.43. The Morgan fingerprint density at radius 1 is 1.29 bits per heavy atom. The smallest absolute Gasteiger partial charge is 0.257 e. The van der Waals surface area contributed by atoms with E-state index in [4.69, 9.17) is 0 Å². The minimum atomic E-state index is 0.105. The van der Waals surface area contributed by atoms with Crippen LogP contribution in [-0.2, 0) is 0 Å². The van der Waals surface area contributed by atoms with Crippen LogP contribution in [0.2, 0.25) is 0 Å². The molecule has 2 aliphatic rings. The number of rotatable bonds is 2. The van der Waals surface area contributed by atoms with E-state index in [1.54, 1.807) is 13.2 Å². The van der Waals surface area contributed by atoms with E-state index in [1.807, 2.05) is 17.0 Å². The van der Waals surface area contributed by atoms with Crippen LogP contribution in [0.4, 0.5) is 5.82 Å². The van der Waals surface area contributed by atoms with Crippen LogP contribution in [0.3, 0.4) is 0 Å². The van der Waals surface area contributed by atoms with Crippen LogP contribution in [-0.4, -0.2) is 61.0 Å². The van der Waals surface area contributed by atoms with Gasteiger partial charge in [0.15, 0.2) is 0 Å². The van der Waals surface area contributed by atoms with Crippen LogP contribution in [0.1, 0.15) is 29.6 Å². The molecule has 0 radical (unpaired) electrons. The topological polar surface area (TPSA) is 48.5 Å². The number of amides is 1. The number of aromatic nitrogens is 1. The molecule has 5 heteroatoms. The van der Waals surface area contributed by atoms with Crippen molar-refractivity contribution in [2.45, 2.75) is 19.3 Å². The highest BCUT2D eigenvalue weighted by Gasteiger charge is 2.40. The van der Waals surface area contributed by atoms with E-state index in [-0.39, 0.29) is 5.91 Å². The molecule has 0 aromatic carbocycles. The standard InChI is InChI=1S/C16H24N4O/c1-17-14-13(4-3-8-18-14)15(21)20-10-6-16(7-11-20)5-9-19(2)12-16/h3-4,8H,5-7,9-12H2,1-2H3,(H,17,18). The average molecular weight is 288 g/mol. The third-order valence-corrected chi connectivity index (χ3v) is 5.02. The van der Waals surface area contributed by atoms with E-state index in [1.165, 1.54) is 19.5 Å². The molecule has 1 spiro atoms. The summed E-state index contributed by atoms with van der Waals surface area (Å²) in [5.41, 5.74) is 1.13. The third kappa shape index (κ3) is 2.75. The average Bonchev–Trinajstić information content (AvgIpc) is 2.88. The molecule has 0 atom stereocenters. The molecule has 1 N–H and O–H groups in total. The first-order chi connectivity index (χ1) is 10.1. The summed E-state index contributed by atoms with van der Waals surface area (Å²) in [5.74, 6) is 0.775. The summed E-state index contributed by atoms with van der Waals surface area (Å²) in [4.78, 5) is 21.3. The zero-order valence-corrected chi connectivity index (χ0v) is 12.9. The molecule has 3 rings (SSSR count). The highest BCUT2D eigenvalue weighted by molar-refractivity contribution is 5.98. The van der Waals surface area contributed by atoms with Gasteiger partial charge in [0.2, 0.25) is 0 Å². The fourth-order valence-electron chi connectivity index (χ4n) is 3.70. The summed E-state index contributed by atoms with van der Waals surface area (Å²) in [5, 5.41) is 3.00. The zero-order valence-electron chi connectivity index (χ0n) is 12.9. The third-order valence-electron chi connectivity index (χ3n) is 5.02. The maximum absolute atomic E-state index is 12.7. The van der Waals surface area contributed by atoms with Gasteiger partial charge in [-0.3, -0.25) is 4.79 Å². The SMILES string of the molecule is CNc1ncccc1C(=O)N1CCC2(CCN(C)C2)CC1. The van der Waals surface area contributed by atoms with Crippen molar-refractivity contribution >= 4 is 11.7 Å². The zero-order chi connectivity index (χ0) is 14.9. The molecule has 5 nitrogen and oxygen atoms in total. The van der Waals surface area contributed by atoms with Gasteiger partial charge in [-0.15, -0.1) is 0 Å². The van der Waals surface area contributed by atoms with E-state index in [9.17, 15) is 4.79 Å². The molecular weight excluding hydrogens is 264 g/mol. The van der Waals surface area contributed by atoms with E-state index in [2.05, 4.69) is 22.2 Å². The Morgan fingerprint density at radius 2 is 2.00 bits per heavy atom. The number of likely N-dealkylation sites (tertiary alicyclic amines) is 2. The highest BCUT2D eigenvalue weighted by atomic mass is 16.2. The lowest BCUT2D eigenvalue weighted by Gasteiger charge is -2.39. The predicted octanol–water partition coefficient (Wildman–Crippen LogP) is 1.68. The van der Waals surface area contributed by atoms with Gasteiger partial charge in [0.1, 0.15) is 5.82 Å². The van der Waals surface area contributed by atoms with Gasteiger partial charge in [0.05, 0.1) is 5.56 Å². The number of carbonyl (C=O) groups is 1. The number of nitrogens with zero attached hydrogens (tertiary/aromatic N) is 3. The van der Waals surface area contributed by atoms with Gasteiger partial charge in [-0.25, -0.2) is 4.98 Å². The number of nitrogens with one attached hydrogen (secondary N) is 1. The molecular formula is C16H24N4O. The summed E-state index contributed by atoms with van der Waals surface area (Å²) in [6.45, 7) is 4.11. The van der Waals surface area contributed by atoms with Crippen LogP contribution in [0.25, 0.3) is 0 Å². The molecule has 3 heterocycles. The highest BCUT2D eigenvalue weighted by Crippen LogP contribution is 2.40.